The second kappa shape index (κ2) is 5.98. The largest absolute Gasteiger partial charge is 0.379 e. The molecule has 98 valence electrons. The van der Waals surface area contributed by atoms with E-state index in [2.05, 4.69) is 51.4 Å². The third-order valence-electron chi connectivity index (χ3n) is 3.02. The molecular formula is C14H25NOS. The summed E-state index contributed by atoms with van der Waals surface area (Å²) in [6.45, 7) is 12.0. The number of methoxy groups -OCH3 is 1. The Bertz CT molecular complexity index is 340. The van der Waals surface area contributed by atoms with Crippen molar-refractivity contribution in [1.29, 1.82) is 0 Å². The topological polar surface area (TPSA) is 21.3 Å². The lowest BCUT2D eigenvalue weighted by molar-refractivity contribution is -0.0108. The van der Waals surface area contributed by atoms with Gasteiger partial charge in [-0.2, -0.15) is 0 Å². The number of nitrogens with one attached hydrogen (secondary N) is 1. The third kappa shape index (κ3) is 3.54. The Morgan fingerprint density at radius 1 is 1.41 bits per heavy atom. The standard InChI is InChI=1S/C14H25NOS/c1-7-15-11(12-10(2)8-9-17-12)13(16-6)14(3,4)5/h8-9,11,13,15H,7H2,1-6H3. The van der Waals surface area contributed by atoms with Crippen LogP contribution in [0.25, 0.3) is 0 Å². The maximum absolute atomic E-state index is 5.75. The van der Waals surface area contributed by atoms with Crippen LogP contribution in [0.2, 0.25) is 0 Å². The summed E-state index contributed by atoms with van der Waals surface area (Å²) in [5, 5.41) is 5.73. The molecular weight excluding hydrogens is 230 g/mol. The highest BCUT2D eigenvalue weighted by atomic mass is 32.1. The number of thiophene rings is 1. The van der Waals surface area contributed by atoms with Gasteiger partial charge in [0.15, 0.2) is 0 Å². The van der Waals surface area contributed by atoms with Gasteiger partial charge in [-0.05, 0) is 35.9 Å². The Kier molecular flexibility index (Phi) is 5.17. The van der Waals surface area contributed by atoms with E-state index in [9.17, 15) is 0 Å². The molecule has 1 heterocycles. The van der Waals surface area contributed by atoms with Crippen molar-refractivity contribution < 1.29 is 4.74 Å². The number of aryl methyl sites for hydroxylation is 1. The van der Waals surface area contributed by atoms with Crippen molar-refractivity contribution >= 4 is 11.3 Å². The molecule has 0 saturated heterocycles. The van der Waals surface area contributed by atoms with E-state index in [-0.39, 0.29) is 17.6 Å². The summed E-state index contributed by atoms with van der Waals surface area (Å²) < 4.78 is 5.75. The second-order valence-corrected chi connectivity index (χ2v) is 6.47. The average molecular weight is 255 g/mol. The fourth-order valence-corrected chi connectivity index (χ4v) is 3.28. The molecule has 1 aromatic heterocycles. The van der Waals surface area contributed by atoms with Crippen LogP contribution in [0.3, 0.4) is 0 Å². The summed E-state index contributed by atoms with van der Waals surface area (Å²) in [4.78, 5) is 1.40. The predicted molar refractivity (Wildman–Crippen MR) is 75.7 cm³/mol. The maximum Gasteiger partial charge on any atom is 0.0822 e. The molecule has 2 unspecified atom stereocenters. The van der Waals surface area contributed by atoms with Crippen LogP contribution in [0.1, 0.15) is 44.2 Å². The lowest BCUT2D eigenvalue weighted by atomic mass is 9.83. The minimum Gasteiger partial charge on any atom is -0.379 e. The molecule has 0 aliphatic heterocycles. The van der Waals surface area contributed by atoms with E-state index in [0.29, 0.717) is 0 Å². The quantitative estimate of drug-likeness (QED) is 0.865. The van der Waals surface area contributed by atoms with Crippen LogP contribution in [0.5, 0.6) is 0 Å². The highest BCUT2D eigenvalue weighted by Gasteiger charge is 2.34. The lowest BCUT2D eigenvalue weighted by Crippen LogP contribution is -2.41. The molecule has 0 aliphatic carbocycles. The van der Waals surface area contributed by atoms with Crippen LogP contribution in [-0.2, 0) is 4.74 Å². The number of hydrogen-bond acceptors (Lipinski definition) is 3. The first-order valence-electron chi connectivity index (χ1n) is 6.22. The van der Waals surface area contributed by atoms with Crippen LogP contribution in [0.4, 0.5) is 0 Å². The molecule has 17 heavy (non-hydrogen) atoms. The van der Waals surface area contributed by atoms with Crippen molar-refractivity contribution in [1.82, 2.24) is 5.32 Å². The Hall–Kier alpha value is -0.380. The van der Waals surface area contributed by atoms with Gasteiger partial charge in [-0.3, -0.25) is 0 Å². The Balaban J connectivity index is 3.04. The van der Waals surface area contributed by atoms with Crippen molar-refractivity contribution in [2.45, 2.75) is 46.8 Å². The molecule has 2 atom stereocenters. The van der Waals surface area contributed by atoms with Gasteiger partial charge in [0, 0.05) is 12.0 Å². The molecule has 0 amide bonds. The van der Waals surface area contributed by atoms with Crippen molar-refractivity contribution in [2.75, 3.05) is 13.7 Å². The fourth-order valence-electron chi connectivity index (χ4n) is 2.25. The maximum atomic E-state index is 5.75. The molecule has 0 aromatic carbocycles. The summed E-state index contributed by atoms with van der Waals surface area (Å²) in [5.74, 6) is 0. The van der Waals surface area contributed by atoms with Gasteiger partial charge in [0.05, 0.1) is 12.1 Å². The van der Waals surface area contributed by atoms with E-state index >= 15 is 0 Å². The van der Waals surface area contributed by atoms with Gasteiger partial charge in [-0.1, -0.05) is 27.7 Å². The van der Waals surface area contributed by atoms with Gasteiger partial charge in [0.25, 0.3) is 0 Å². The predicted octanol–water partition coefficient (Wildman–Crippen LogP) is 3.77. The molecule has 0 radical (unpaired) electrons. The van der Waals surface area contributed by atoms with Crippen LogP contribution in [0, 0.1) is 12.3 Å². The van der Waals surface area contributed by atoms with Gasteiger partial charge < -0.3 is 10.1 Å². The number of ether oxygens (including phenoxy) is 1. The average Bonchev–Trinajstić information content (AvgIpc) is 2.62. The Labute approximate surface area is 109 Å². The molecule has 3 heteroatoms. The lowest BCUT2D eigenvalue weighted by Gasteiger charge is -2.36. The first-order valence-corrected chi connectivity index (χ1v) is 7.10. The zero-order valence-electron chi connectivity index (χ0n) is 11.8. The van der Waals surface area contributed by atoms with Crippen molar-refractivity contribution in [3.05, 3.63) is 21.9 Å². The second-order valence-electron chi connectivity index (χ2n) is 5.53. The van der Waals surface area contributed by atoms with Gasteiger partial charge in [0.2, 0.25) is 0 Å². The summed E-state index contributed by atoms with van der Waals surface area (Å²) in [6, 6.07) is 2.46. The molecule has 0 saturated carbocycles. The molecule has 2 nitrogen and oxygen atoms in total. The minimum absolute atomic E-state index is 0.123. The van der Waals surface area contributed by atoms with Gasteiger partial charge in [0.1, 0.15) is 0 Å². The zero-order chi connectivity index (χ0) is 13.1. The Morgan fingerprint density at radius 3 is 2.41 bits per heavy atom. The van der Waals surface area contributed by atoms with Crippen LogP contribution in [0.15, 0.2) is 11.4 Å². The summed E-state index contributed by atoms with van der Waals surface area (Å²) >= 11 is 1.81. The number of likely N-dealkylation sites (N-methyl/N-ethyl adjacent to an activating group) is 1. The van der Waals surface area contributed by atoms with E-state index in [1.807, 2.05) is 18.4 Å². The normalized spacial score (nSPS) is 15.9. The highest BCUT2D eigenvalue weighted by molar-refractivity contribution is 7.10. The first kappa shape index (κ1) is 14.7. The molecule has 1 N–H and O–H groups in total. The SMILES string of the molecule is CCNC(c1sccc1C)C(OC)C(C)(C)C. The summed E-state index contributed by atoms with van der Waals surface area (Å²) in [7, 11) is 1.81. The molecule has 0 spiro atoms. The van der Waals surface area contributed by atoms with E-state index in [0.717, 1.165) is 6.54 Å². The Morgan fingerprint density at radius 2 is 2.06 bits per heavy atom. The molecule has 0 aliphatic rings. The van der Waals surface area contributed by atoms with Crippen LogP contribution in [-0.4, -0.2) is 19.8 Å². The summed E-state index contributed by atoms with van der Waals surface area (Å²) in [6.07, 6.45) is 0.180. The van der Waals surface area contributed by atoms with Gasteiger partial charge in [-0.15, -0.1) is 11.3 Å². The van der Waals surface area contributed by atoms with Crippen molar-refractivity contribution in [2.24, 2.45) is 5.41 Å². The summed E-state index contributed by atoms with van der Waals surface area (Å²) in [5.41, 5.74) is 1.48. The number of hydrogen-bond donors (Lipinski definition) is 1. The van der Waals surface area contributed by atoms with Gasteiger partial charge in [-0.25, -0.2) is 0 Å². The smallest absolute Gasteiger partial charge is 0.0822 e. The molecule has 1 rings (SSSR count). The zero-order valence-corrected chi connectivity index (χ0v) is 12.6. The van der Waals surface area contributed by atoms with Gasteiger partial charge >= 0.3 is 0 Å². The minimum atomic E-state index is 0.123. The van der Waals surface area contributed by atoms with E-state index in [4.69, 9.17) is 4.74 Å². The van der Waals surface area contributed by atoms with E-state index in [1.165, 1.54) is 10.4 Å². The molecule has 0 bridgehead atoms. The molecule has 1 aromatic rings. The van der Waals surface area contributed by atoms with Crippen molar-refractivity contribution in [3.8, 4) is 0 Å². The van der Waals surface area contributed by atoms with Crippen molar-refractivity contribution in [3.63, 3.8) is 0 Å². The van der Waals surface area contributed by atoms with Crippen LogP contribution < -0.4 is 5.32 Å². The first-order chi connectivity index (χ1) is 7.91. The monoisotopic (exact) mass is 255 g/mol. The van der Waals surface area contributed by atoms with E-state index < -0.39 is 0 Å². The van der Waals surface area contributed by atoms with Crippen LogP contribution >= 0.6 is 11.3 Å². The highest BCUT2D eigenvalue weighted by Crippen LogP contribution is 2.35. The fraction of sp³-hybridized carbons (Fsp3) is 0.714. The third-order valence-corrected chi connectivity index (χ3v) is 4.12. The number of rotatable bonds is 5. The van der Waals surface area contributed by atoms with E-state index in [1.54, 1.807) is 0 Å². The molecule has 0 fully saturated rings.